The summed E-state index contributed by atoms with van der Waals surface area (Å²) in [6, 6.07) is 0. The second kappa shape index (κ2) is 3.73. The summed E-state index contributed by atoms with van der Waals surface area (Å²) in [5.74, 6) is 0.732. The van der Waals surface area contributed by atoms with Crippen molar-refractivity contribution in [1.29, 1.82) is 0 Å². The van der Waals surface area contributed by atoms with E-state index in [9.17, 15) is 0 Å². The standard InChI is InChI=1S/C6H12INO/c1-8-4-5-2-3-9-6(5)7/h5-6,8H,2-4H2,1H3. The largest absolute Gasteiger partial charge is 0.368 e. The Balaban J connectivity index is 2.22. The van der Waals surface area contributed by atoms with Gasteiger partial charge in [0.2, 0.25) is 0 Å². The smallest absolute Gasteiger partial charge is 0.112 e. The zero-order valence-corrected chi connectivity index (χ0v) is 7.72. The van der Waals surface area contributed by atoms with Crippen LogP contribution in [0.15, 0.2) is 0 Å². The van der Waals surface area contributed by atoms with Gasteiger partial charge in [-0.05, 0) is 13.5 Å². The van der Waals surface area contributed by atoms with Crippen LogP contribution >= 0.6 is 22.6 Å². The van der Waals surface area contributed by atoms with Gasteiger partial charge in [0, 0.05) is 19.1 Å². The fourth-order valence-corrected chi connectivity index (χ4v) is 1.92. The summed E-state index contributed by atoms with van der Waals surface area (Å²) < 4.78 is 5.80. The van der Waals surface area contributed by atoms with Gasteiger partial charge in [0.05, 0.1) is 0 Å². The lowest BCUT2D eigenvalue weighted by Gasteiger charge is -2.10. The molecule has 3 heteroatoms. The van der Waals surface area contributed by atoms with Crippen molar-refractivity contribution in [1.82, 2.24) is 5.32 Å². The minimum absolute atomic E-state index is 0.440. The van der Waals surface area contributed by atoms with Crippen LogP contribution in [-0.2, 0) is 4.74 Å². The molecule has 0 bridgehead atoms. The molecule has 1 N–H and O–H groups in total. The van der Waals surface area contributed by atoms with E-state index >= 15 is 0 Å². The second-order valence-corrected chi connectivity index (χ2v) is 3.56. The molecule has 2 atom stereocenters. The minimum atomic E-state index is 0.440. The second-order valence-electron chi connectivity index (χ2n) is 2.33. The molecule has 1 heterocycles. The lowest BCUT2D eigenvalue weighted by molar-refractivity contribution is 0.171. The highest BCUT2D eigenvalue weighted by Gasteiger charge is 2.24. The van der Waals surface area contributed by atoms with E-state index in [1.807, 2.05) is 7.05 Å². The van der Waals surface area contributed by atoms with Gasteiger partial charge in [0.1, 0.15) is 4.11 Å². The third-order valence-electron chi connectivity index (χ3n) is 1.60. The highest BCUT2D eigenvalue weighted by atomic mass is 127. The molecule has 0 aromatic carbocycles. The number of alkyl halides is 1. The van der Waals surface area contributed by atoms with Crippen molar-refractivity contribution < 1.29 is 4.74 Å². The Kier molecular flexibility index (Phi) is 3.21. The number of hydrogen-bond donors (Lipinski definition) is 1. The molecule has 1 aliphatic heterocycles. The first-order valence-corrected chi connectivity index (χ1v) is 4.49. The molecular formula is C6H12INO. The van der Waals surface area contributed by atoms with Gasteiger partial charge in [-0.1, -0.05) is 22.6 Å². The first-order valence-electron chi connectivity index (χ1n) is 3.25. The molecule has 0 amide bonds. The maximum Gasteiger partial charge on any atom is 0.112 e. The molecule has 2 unspecified atom stereocenters. The Morgan fingerprint density at radius 3 is 3.00 bits per heavy atom. The fraction of sp³-hybridized carbons (Fsp3) is 1.00. The highest BCUT2D eigenvalue weighted by molar-refractivity contribution is 14.1. The van der Waals surface area contributed by atoms with Crippen LogP contribution in [0.3, 0.4) is 0 Å². The van der Waals surface area contributed by atoms with Crippen molar-refractivity contribution in [2.75, 3.05) is 20.2 Å². The van der Waals surface area contributed by atoms with Gasteiger partial charge in [0.25, 0.3) is 0 Å². The highest BCUT2D eigenvalue weighted by Crippen LogP contribution is 2.24. The van der Waals surface area contributed by atoms with E-state index in [0.29, 0.717) is 4.11 Å². The number of ether oxygens (including phenoxy) is 1. The van der Waals surface area contributed by atoms with Crippen molar-refractivity contribution in [2.45, 2.75) is 10.5 Å². The van der Waals surface area contributed by atoms with Gasteiger partial charge in [-0.2, -0.15) is 0 Å². The average Bonchev–Trinajstić information content (AvgIpc) is 2.18. The number of hydrogen-bond acceptors (Lipinski definition) is 2. The summed E-state index contributed by atoms with van der Waals surface area (Å²) in [4.78, 5) is 0. The first-order chi connectivity index (χ1) is 4.34. The molecule has 0 aliphatic carbocycles. The van der Waals surface area contributed by atoms with Crippen LogP contribution in [-0.4, -0.2) is 24.3 Å². The van der Waals surface area contributed by atoms with Gasteiger partial charge in [0.15, 0.2) is 0 Å². The topological polar surface area (TPSA) is 21.3 Å². The van der Waals surface area contributed by atoms with Crippen LogP contribution in [0.1, 0.15) is 6.42 Å². The zero-order valence-electron chi connectivity index (χ0n) is 5.56. The predicted molar refractivity (Wildman–Crippen MR) is 45.8 cm³/mol. The molecule has 1 saturated heterocycles. The molecule has 1 fully saturated rings. The first kappa shape index (κ1) is 7.75. The number of halogens is 1. The van der Waals surface area contributed by atoms with Gasteiger partial charge in [-0.15, -0.1) is 0 Å². The third-order valence-corrected chi connectivity index (χ3v) is 2.98. The zero-order chi connectivity index (χ0) is 6.69. The van der Waals surface area contributed by atoms with E-state index in [2.05, 4.69) is 27.9 Å². The van der Waals surface area contributed by atoms with Crippen molar-refractivity contribution >= 4 is 22.6 Å². The van der Waals surface area contributed by atoms with E-state index in [4.69, 9.17) is 4.74 Å². The van der Waals surface area contributed by atoms with Gasteiger partial charge >= 0.3 is 0 Å². The predicted octanol–water partition coefficient (Wildman–Crippen LogP) is 1.00. The molecule has 0 radical (unpaired) electrons. The summed E-state index contributed by atoms with van der Waals surface area (Å²) in [6.45, 7) is 2.04. The number of nitrogens with one attached hydrogen (secondary N) is 1. The van der Waals surface area contributed by atoms with Crippen molar-refractivity contribution in [3.8, 4) is 0 Å². The van der Waals surface area contributed by atoms with E-state index in [1.165, 1.54) is 6.42 Å². The summed E-state index contributed by atoms with van der Waals surface area (Å²) >= 11 is 2.36. The van der Waals surface area contributed by atoms with E-state index in [-0.39, 0.29) is 0 Å². The Bertz CT molecular complexity index is 89.1. The Morgan fingerprint density at radius 1 is 1.78 bits per heavy atom. The molecule has 0 aromatic rings. The Labute approximate surface area is 69.5 Å². The molecule has 0 saturated carbocycles. The van der Waals surface area contributed by atoms with Crippen LogP contribution in [0.4, 0.5) is 0 Å². The molecule has 9 heavy (non-hydrogen) atoms. The summed E-state index contributed by atoms with van der Waals surface area (Å²) in [7, 11) is 1.99. The van der Waals surface area contributed by atoms with Crippen molar-refractivity contribution in [3.05, 3.63) is 0 Å². The SMILES string of the molecule is CNCC1CCOC1I. The Hall–Kier alpha value is 0.650. The molecule has 1 aliphatic rings. The van der Waals surface area contributed by atoms with Gasteiger partial charge in [-0.3, -0.25) is 0 Å². The average molecular weight is 241 g/mol. The lowest BCUT2D eigenvalue weighted by Crippen LogP contribution is -2.22. The van der Waals surface area contributed by atoms with Crippen molar-refractivity contribution in [3.63, 3.8) is 0 Å². The van der Waals surface area contributed by atoms with Gasteiger partial charge < -0.3 is 10.1 Å². The van der Waals surface area contributed by atoms with Crippen LogP contribution in [0, 0.1) is 5.92 Å². The van der Waals surface area contributed by atoms with Crippen molar-refractivity contribution in [2.24, 2.45) is 5.92 Å². The molecule has 54 valence electrons. The normalized spacial score (nSPS) is 35.3. The molecule has 0 aromatic heterocycles. The molecule has 2 nitrogen and oxygen atoms in total. The molecular weight excluding hydrogens is 229 g/mol. The lowest BCUT2D eigenvalue weighted by atomic mass is 10.1. The summed E-state index contributed by atoms with van der Waals surface area (Å²) in [5, 5.41) is 3.16. The van der Waals surface area contributed by atoms with Crippen LogP contribution in [0.2, 0.25) is 0 Å². The van der Waals surface area contributed by atoms with E-state index in [1.54, 1.807) is 0 Å². The van der Waals surface area contributed by atoms with Crippen LogP contribution in [0.25, 0.3) is 0 Å². The maximum absolute atomic E-state index is 5.36. The third kappa shape index (κ3) is 2.05. The van der Waals surface area contributed by atoms with E-state index in [0.717, 1.165) is 19.1 Å². The monoisotopic (exact) mass is 241 g/mol. The van der Waals surface area contributed by atoms with Gasteiger partial charge in [-0.25, -0.2) is 0 Å². The fourth-order valence-electron chi connectivity index (χ4n) is 1.06. The molecule has 0 spiro atoms. The minimum Gasteiger partial charge on any atom is -0.368 e. The quantitative estimate of drug-likeness (QED) is 0.575. The van der Waals surface area contributed by atoms with Crippen LogP contribution in [0.5, 0.6) is 0 Å². The summed E-state index contributed by atoms with van der Waals surface area (Å²) in [6.07, 6.45) is 1.22. The summed E-state index contributed by atoms with van der Waals surface area (Å²) in [5.41, 5.74) is 0. The van der Waals surface area contributed by atoms with E-state index < -0.39 is 0 Å². The molecule has 1 rings (SSSR count). The number of rotatable bonds is 2. The Morgan fingerprint density at radius 2 is 2.56 bits per heavy atom. The van der Waals surface area contributed by atoms with Crippen LogP contribution < -0.4 is 5.32 Å². The maximum atomic E-state index is 5.36.